The maximum Gasteiger partial charge on any atom is 0.341 e. The molecule has 4 rings (SSSR count). The first-order valence-electron chi connectivity index (χ1n) is 10.2. The van der Waals surface area contributed by atoms with Gasteiger partial charge in [-0.15, -0.1) is 11.3 Å². The smallest absolute Gasteiger partial charge is 0.341 e. The van der Waals surface area contributed by atoms with Crippen LogP contribution in [0.2, 0.25) is 0 Å². The van der Waals surface area contributed by atoms with Gasteiger partial charge < -0.3 is 10.1 Å². The van der Waals surface area contributed by atoms with Crippen LogP contribution >= 0.6 is 11.3 Å². The molecule has 2 bridgehead atoms. The van der Waals surface area contributed by atoms with Crippen molar-refractivity contribution < 1.29 is 14.3 Å². The minimum Gasteiger partial charge on any atom is -0.462 e. The van der Waals surface area contributed by atoms with E-state index in [1.807, 2.05) is 6.92 Å². The van der Waals surface area contributed by atoms with Crippen LogP contribution in [0.25, 0.3) is 0 Å². The van der Waals surface area contributed by atoms with Gasteiger partial charge in [0.1, 0.15) is 5.00 Å². The summed E-state index contributed by atoms with van der Waals surface area (Å²) in [6.07, 6.45) is 8.52. The summed E-state index contributed by atoms with van der Waals surface area (Å²) in [6, 6.07) is 0. The highest BCUT2D eigenvalue weighted by atomic mass is 32.1. The zero-order valence-corrected chi connectivity index (χ0v) is 16.6. The first-order chi connectivity index (χ1) is 12.6. The highest BCUT2D eigenvalue weighted by molar-refractivity contribution is 7.17. The first-order valence-corrected chi connectivity index (χ1v) is 11.0. The number of carbonyl (C=O) groups excluding carboxylic acids is 2. The van der Waals surface area contributed by atoms with Gasteiger partial charge in [0.15, 0.2) is 0 Å². The molecule has 2 fully saturated rings. The summed E-state index contributed by atoms with van der Waals surface area (Å²) >= 11 is 1.60. The van der Waals surface area contributed by atoms with Gasteiger partial charge in [-0.2, -0.15) is 0 Å². The molecule has 1 amide bonds. The summed E-state index contributed by atoms with van der Waals surface area (Å²) in [6.45, 7) is 4.68. The minimum atomic E-state index is -0.262. The van der Waals surface area contributed by atoms with Crippen LogP contribution in [0.3, 0.4) is 0 Å². The molecule has 0 unspecified atom stereocenters. The fourth-order valence-electron chi connectivity index (χ4n) is 5.09. The van der Waals surface area contributed by atoms with Gasteiger partial charge in [0.25, 0.3) is 0 Å². The Morgan fingerprint density at radius 3 is 2.77 bits per heavy atom. The van der Waals surface area contributed by atoms with Crippen LogP contribution in [0.4, 0.5) is 5.00 Å². The Balaban J connectivity index is 1.58. The molecule has 0 aliphatic heterocycles. The van der Waals surface area contributed by atoms with Gasteiger partial charge in [-0.1, -0.05) is 20.3 Å². The summed E-state index contributed by atoms with van der Waals surface area (Å²) in [5.74, 6) is 1.91. The summed E-state index contributed by atoms with van der Waals surface area (Å²) in [5, 5.41) is 3.88. The molecule has 1 aromatic heterocycles. The third-order valence-corrected chi connectivity index (χ3v) is 7.63. The first kappa shape index (κ1) is 18.0. The third kappa shape index (κ3) is 3.30. The van der Waals surface area contributed by atoms with Gasteiger partial charge in [0, 0.05) is 10.8 Å². The number of ether oxygens (including phenoxy) is 1. The van der Waals surface area contributed by atoms with E-state index in [1.54, 1.807) is 11.3 Å². The quantitative estimate of drug-likeness (QED) is 0.751. The molecule has 2 saturated carbocycles. The van der Waals surface area contributed by atoms with E-state index in [1.165, 1.54) is 24.1 Å². The van der Waals surface area contributed by atoms with E-state index >= 15 is 0 Å². The number of hydrogen-bond donors (Lipinski definition) is 1. The van der Waals surface area contributed by atoms with Crippen LogP contribution < -0.4 is 5.32 Å². The lowest BCUT2D eigenvalue weighted by Crippen LogP contribution is -2.27. The van der Waals surface area contributed by atoms with E-state index in [-0.39, 0.29) is 17.8 Å². The fraction of sp³-hybridized carbons (Fsp3) is 0.714. The van der Waals surface area contributed by atoms with E-state index in [4.69, 9.17) is 4.74 Å². The highest BCUT2D eigenvalue weighted by Crippen LogP contribution is 2.49. The maximum absolute atomic E-state index is 12.9. The van der Waals surface area contributed by atoms with Crippen molar-refractivity contribution >= 4 is 28.2 Å². The number of hydrogen-bond acceptors (Lipinski definition) is 4. The van der Waals surface area contributed by atoms with Crippen molar-refractivity contribution in [1.82, 2.24) is 0 Å². The molecule has 4 nitrogen and oxygen atoms in total. The number of thiophene rings is 1. The second kappa shape index (κ2) is 7.34. The summed E-state index contributed by atoms with van der Waals surface area (Å²) < 4.78 is 5.44. The molecule has 1 heterocycles. The van der Waals surface area contributed by atoms with Gasteiger partial charge in [0.05, 0.1) is 12.2 Å². The zero-order valence-electron chi connectivity index (χ0n) is 15.8. The van der Waals surface area contributed by atoms with E-state index in [2.05, 4.69) is 12.2 Å². The lowest BCUT2D eigenvalue weighted by Gasteiger charge is -2.20. The van der Waals surface area contributed by atoms with Crippen molar-refractivity contribution in [2.24, 2.45) is 23.7 Å². The average molecular weight is 376 g/mol. The lowest BCUT2D eigenvalue weighted by atomic mass is 9.87. The second-order valence-electron chi connectivity index (χ2n) is 8.46. The number of fused-ring (bicyclic) bond motifs is 3. The number of nitrogens with one attached hydrogen (secondary N) is 1. The molecule has 1 aromatic rings. The fourth-order valence-corrected chi connectivity index (χ4v) is 6.49. The molecule has 0 saturated heterocycles. The molecule has 3 aliphatic carbocycles. The standard InChI is InChI=1S/C21H29NO3S/c1-3-8-25-21(24)18-15-7-4-12(2)9-17(15)26-20(18)22-19(23)16-11-13-5-6-14(16)10-13/h12-14,16H,3-11H2,1-2H3,(H,22,23)/t12-,13+,14-,16-/m1/s1. The predicted molar refractivity (Wildman–Crippen MR) is 104 cm³/mol. The van der Waals surface area contributed by atoms with E-state index in [9.17, 15) is 9.59 Å². The van der Waals surface area contributed by atoms with Crippen LogP contribution in [-0.4, -0.2) is 18.5 Å². The largest absolute Gasteiger partial charge is 0.462 e. The number of amides is 1. The van der Waals surface area contributed by atoms with Gasteiger partial charge in [-0.3, -0.25) is 4.79 Å². The Kier molecular flexibility index (Phi) is 5.09. The number of anilines is 1. The van der Waals surface area contributed by atoms with Crippen molar-refractivity contribution in [1.29, 1.82) is 0 Å². The lowest BCUT2D eigenvalue weighted by molar-refractivity contribution is -0.121. The second-order valence-corrected chi connectivity index (χ2v) is 9.57. The third-order valence-electron chi connectivity index (χ3n) is 6.46. The van der Waals surface area contributed by atoms with Crippen molar-refractivity contribution in [2.45, 2.75) is 65.2 Å². The molecule has 3 aliphatic rings. The van der Waals surface area contributed by atoms with Crippen LogP contribution in [0.15, 0.2) is 0 Å². The summed E-state index contributed by atoms with van der Waals surface area (Å²) in [7, 11) is 0. The zero-order chi connectivity index (χ0) is 18.3. The van der Waals surface area contributed by atoms with Gasteiger partial charge in [-0.25, -0.2) is 4.79 Å². The van der Waals surface area contributed by atoms with Crippen LogP contribution in [0.1, 0.15) is 73.2 Å². The Hall–Kier alpha value is -1.36. The molecule has 0 spiro atoms. The molecular formula is C21H29NO3S. The maximum atomic E-state index is 12.9. The van der Waals surface area contributed by atoms with E-state index in [0.717, 1.165) is 48.6 Å². The number of esters is 1. The Morgan fingerprint density at radius 2 is 2.08 bits per heavy atom. The number of carbonyl (C=O) groups is 2. The normalized spacial score (nSPS) is 29.5. The SMILES string of the molecule is CCCOC(=O)c1c(NC(=O)[C@@H]2C[C@H]3CC[C@@H]2C3)sc2c1CC[C@@H](C)C2. The topological polar surface area (TPSA) is 55.4 Å². The molecular weight excluding hydrogens is 346 g/mol. The van der Waals surface area contributed by atoms with Crippen LogP contribution in [0, 0.1) is 23.7 Å². The Morgan fingerprint density at radius 1 is 1.23 bits per heavy atom. The van der Waals surface area contributed by atoms with E-state index in [0.29, 0.717) is 24.0 Å². The summed E-state index contributed by atoms with van der Waals surface area (Å²) in [4.78, 5) is 26.9. The van der Waals surface area contributed by atoms with Crippen molar-refractivity contribution in [2.75, 3.05) is 11.9 Å². The van der Waals surface area contributed by atoms with Crippen LogP contribution in [-0.2, 0) is 22.4 Å². The van der Waals surface area contributed by atoms with E-state index < -0.39 is 0 Å². The molecule has 4 atom stereocenters. The van der Waals surface area contributed by atoms with Gasteiger partial charge in [0.2, 0.25) is 5.91 Å². The minimum absolute atomic E-state index is 0.119. The molecule has 142 valence electrons. The highest BCUT2D eigenvalue weighted by Gasteiger charge is 2.43. The van der Waals surface area contributed by atoms with Crippen LogP contribution in [0.5, 0.6) is 0 Å². The Bertz CT molecular complexity index is 710. The van der Waals surface area contributed by atoms with Crippen molar-refractivity contribution in [3.05, 3.63) is 16.0 Å². The van der Waals surface area contributed by atoms with Gasteiger partial charge >= 0.3 is 5.97 Å². The van der Waals surface area contributed by atoms with Crippen molar-refractivity contribution in [3.63, 3.8) is 0 Å². The molecule has 0 radical (unpaired) electrons. The monoisotopic (exact) mass is 375 g/mol. The average Bonchev–Trinajstić information content (AvgIpc) is 3.32. The molecule has 5 heteroatoms. The Labute approximate surface area is 159 Å². The van der Waals surface area contributed by atoms with Crippen molar-refractivity contribution in [3.8, 4) is 0 Å². The predicted octanol–water partition coefficient (Wildman–Crippen LogP) is 4.81. The summed E-state index contributed by atoms with van der Waals surface area (Å²) in [5.41, 5.74) is 1.76. The van der Waals surface area contributed by atoms with Gasteiger partial charge in [-0.05, 0) is 68.3 Å². The number of rotatable bonds is 5. The molecule has 1 N–H and O–H groups in total. The molecule has 26 heavy (non-hydrogen) atoms. The molecule has 0 aromatic carbocycles.